The van der Waals surface area contributed by atoms with Gasteiger partial charge in [-0.25, -0.2) is 4.79 Å². The van der Waals surface area contributed by atoms with Crippen LogP contribution in [0.15, 0.2) is 0 Å². The lowest BCUT2D eigenvalue weighted by atomic mass is 10.2. The summed E-state index contributed by atoms with van der Waals surface area (Å²) < 4.78 is 0. The van der Waals surface area contributed by atoms with Crippen LogP contribution in [0.5, 0.6) is 0 Å². The monoisotopic (exact) mass is 244 g/mol. The number of nitrogens with zero attached hydrogens (tertiary/aromatic N) is 2. The maximum atomic E-state index is 12.1. The molecule has 0 fully saturated rings. The first-order valence-electron chi connectivity index (χ1n) is 6.17. The largest absolute Gasteiger partial charge is 0.481 e. The van der Waals surface area contributed by atoms with E-state index in [0.29, 0.717) is 19.5 Å². The molecule has 0 aromatic heterocycles. The van der Waals surface area contributed by atoms with Crippen LogP contribution >= 0.6 is 0 Å². The molecular weight excluding hydrogens is 220 g/mol. The smallest absolute Gasteiger partial charge is 0.319 e. The normalized spacial score (nSPS) is 12.0. The summed E-state index contributed by atoms with van der Waals surface area (Å²) >= 11 is 0. The van der Waals surface area contributed by atoms with Crippen LogP contribution in [0, 0.1) is 0 Å². The second-order valence-corrected chi connectivity index (χ2v) is 4.24. The molecular formula is C12H24N2O3. The molecule has 0 aliphatic heterocycles. The van der Waals surface area contributed by atoms with Crippen molar-refractivity contribution in [2.24, 2.45) is 0 Å². The van der Waals surface area contributed by atoms with Crippen molar-refractivity contribution in [2.45, 2.75) is 46.1 Å². The lowest BCUT2D eigenvalue weighted by Crippen LogP contribution is -2.45. The molecule has 0 spiro atoms. The van der Waals surface area contributed by atoms with Gasteiger partial charge in [-0.05, 0) is 26.7 Å². The fourth-order valence-corrected chi connectivity index (χ4v) is 1.64. The summed E-state index contributed by atoms with van der Waals surface area (Å²) in [6.07, 6.45) is 1.52. The van der Waals surface area contributed by atoms with E-state index >= 15 is 0 Å². The van der Waals surface area contributed by atoms with Gasteiger partial charge in [-0.3, -0.25) is 4.79 Å². The van der Waals surface area contributed by atoms with Crippen molar-refractivity contribution in [1.29, 1.82) is 0 Å². The van der Waals surface area contributed by atoms with E-state index in [1.54, 1.807) is 16.8 Å². The van der Waals surface area contributed by atoms with Gasteiger partial charge < -0.3 is 14.9 Å². The molecule has 0 bridgehead atoms. The van der Waals surface area contributed by atoms with Crippen LogP contribution in [0.25, 0.3) is 0 Å². The van der Waals surface area contributed by atoms with Crippen LogP contribution in [0.1, 0.15) is 40.0 Å². The van der Waals surface area contributed by atoms with Gasteiger partial charge in [-0.15, -0.1) is 0 Å². The summed E-state index contributed by atoms with van der Waals surface area (Å²) in [5, 5.41) is 8.53. The molecule has 0 rings (SSSR count). The quantitative estimate of drug-likeness (QED) is 0.745. The molecule has 0 aliphatic carbocycles. The van der Waals surface area contributed by atoms with Gasteiger partial charge in [-0.2, -0.15) is 0 Å². The molecule has 2 amide bonds. The number of rotatable bonds is 7. The van der Waals surface area contributed by atoms with Gasteiger partial charge in [0, 0.05) is 32.6 Å². The van der Waals surface area contributed by atoms with Crippen LogP contribution in [0.3, 0.4) is 0 Å². The van der Waals surface area contributed by atoms with Crippen molar-refractivity contribution in [1.82, 2.24) is 9.80 Å². The molecule has 5 nitrogen and oxygen atoms in total. The summed E-state index contributed by atoms with van der Waals surface area (Å²) in [4.78, 5) is 25.8. The van der Waals surface area contributed by atoms with Crippen LogP contribution < -0.4 is 0 Å². The summed E-state index contributed by atoms with van der Waals surface area (Å²) in [5.41, 5.74) is 0. The van der Waals surface area contributed by atoms with Crippen molar-refractivity contribution in [3.05, 3.63) is 0 Å². The number of hydrogen-bond donors (Lipinski definition) is 1. The number of carbonyl (C=O) groups excluding carboxylic acids is 1. The number of carbonyl (C=O) groups is 2. The van der Waals surface area contributed by atoms with E-state index in [0.717, 1.165) is 6.42 Å². The molecule has 0 aromatic rings. The SMILES string of the molecule is CCC(C)N(CC)C(=O)N(C)CCCC(=O)O. The van der Waals surface area contributed by atoms with E-state index in [9.17, 15) is 9.59 Å². The van der Waals surface area contributed by atoms with Crippen molar-refractivity contribution in [3.8, 4) is 0 Å². The van der Waals surface area contributed by atoms with E-state index < -0.39 is 5.97 Å². The molecule has 5 heteroatoms. The van der Waals surface area contributed by atoms with Crippen molar-refractivity contribution in [2.75, 3.05) is 20.1 Å². The highest BCUT2D eigenvalue weighted by atomic mass is 16.4. The number of carboxylic acids is 1. The Hall–Kier alpha value is -1.26. The van der Waals surface area contributed by atoms with Crippen molar-refractivity contribution in [3.63, 3.8) is 0 Å². The Kier molecular flexibility index (Phi) is 7.34. The van der Waals surface area contributed by atoms with Gasteiger partial charge in [0.2, 0.25) is 0 Å². The van der Waals surface area contributed by atoms with E-state index in [-0.39, 0.29) is 18.5 Å². The van der Waals surface area contributed by atoms with Gasteiger partial charge in [0.25, 0.3) is 0 Å². The standard InChI is InChI=1S/C12H24N2O3/c1-5-10(3)14(6-2)12(17)13(4)9-7-8-11(15)16/h10H,5-9H2,1-4H3,(H,15,16). The van der Waals surface area contributed by atoms with Crippen LogP contribution in [-0.2, 0) is 4.79 Å². The molecule has 0 aliphatic rings. The lowest BCUT2D eigenvalue weighted by molar-refractivity contribution is -0.137. The summed E-state index contributed by atoms with van der Waals surface area (Å²) in [6.45, 7) is 7.18. The molecule has 1 atom stereocenters. The van der Waals surface area contributed by atoms with E-state index in [4.69, 9.17) is 5.11 Å². The third-order valence-corrected chi connectivity index (χ3v) is 2.92. The predicted octanol–water partition coefficient (Wildman–Crippen LogP) is 2.02. The molecule has 0 saturated carbocycles. The van der Waals surface area contributed by atoms with Gasteiger partial charge in [-0.1, -0.05) is 6.92 Å². The van der Waals surface area contributed by atoms with Gasteiger partial charge in [0.15, 0.2) is 0 Å². The van der Waals surface area contributed by atoms with E-state index in [2.05, 4.69) is 0 Å². The molecule has 1 unspecified atom stereocenters. The lowest BCUT2D eigenvalue weighted by Gasteiger charge is -2.31. The summed E-state index contributed by atoms with van der Waals surface area (Å²) in [5.74, 6) is -0.819. The first-order valence-corrected chi connectivity index (χ1v) is 6.17. The number of amides is 2. The molecule has 0 heterocycles. The Morgan fingerprint density at radius 3 is 2.29 bits per heavy atom. The molecule has 0 saturated heterocycles. The minimum Gasteiger partial charge on any atom is -0.481 e. The zero-order chi connectivity index (χ0) is 13.4. The molecule has 100 valence electrons. The third-order valence-electron chi connectivity index (χ3n) is 2.92. The van der Waals surface area contributed by atoms with Gasteiger partial charge in [0.05, 0.1) is 0 Å². The topological polar surface area (TPSA) is 60.9 Å². The molecule has 0 radical (unpaired) electrons. The predicted molar refractivity (Wildman–Crippen MR) is 67.0 cm³/mol. The Labute approximate surface area is 103 Å². The Morgan fingerprint density at radius 2 is 1.88 bits per heavy atom. The Morgan fingerprint density at radius 1 is 1.29 bits per heavy atom. The number of hydrogen-bond acceptors (Lipinski definition) is 2. The molecule has 17 heavy (non-hydrogen) atoms. The number of aliphatic carboxylic acids is 1. The minimum absolute atomic E-state index is 0.0211. The maximum absolute atomic E-state index is 12.1. The molecule has 0 aromatic carbocycles. The average Bonchev–Trinajstić information content (AvgIpc) is 2.28. The second-order valence-electron chi connectivity index (χ2n) is 4.24. The Bertz CT molecular complexity index is 256. The second kappa shape index (κ2) is 7.92. The third kappa shape index (κ3) is 5.56. The number of carboxylic acid groups (broad SMARTS) is 1. The zero-order valence-corrected chi connectivity index (χ0v) is 11.3. The number of urea groups is 1. The minimum atomic E-state index is -0.819. The van der Waals surface area contributed by atoms with Gasteiger partial charge >= 0.3 is 12.0 Å². The van der Waals surface area contributed by atoms with E-state index in [1.165, 1.54) is 0 Å². The van der Waals surface area contributed by atoms with Crippen LogP contribution in [0.2, 0.25) is 0 Å². The highest BCUT2D eigenvalue weighted by molar-refractivity contribution is 5.74. The average molecular weight is 244 g/mol. The zero-order valence-electron chi connectivity index (χ0n) is 11.3. The summed E-state index contributed by atoms with van der Waals surface area (Å²) in [6, 6.07) is 0.196. The highest BCUT2D eigenvalue weighted by Crippen LogP contribution is 2.07. The fourth-order valence-electron chi connectivity index (χ4n) is 1.64. The molecule has 1 N–H and O–H groups in total. The van der Waals surface area contributed by atoms with Crippen LogP contribution in [-0.4, -0.2) is 53.1 Å². The fraction of sp³-hybridized carbons (Fsp3) is 0.833. The first-order chi connectivity index (χ1) is 7.93. The highest BCUT2D eigenvalue weighted by Gasteiger charge is 2.20. The summed E-state index contributed by atoms with van der Waals surface area (Å²) in [7, 11) is 1.72. The van der Waals surface area contributed by atoms with Crippen molar-refractivity contribution >= 4 is 12.0 Å². The Balaban J connectivity index is 4.21. The van der Waals surface area contributed by atoms with E-state index in [1.807, 2.05) is 20.8 Å². The van der Waals surface area contributed by atoms with Gasteiger partial charge in [0.1, 0.15) is 0 Å². The first kappa shape index (κ1) is 15.7. The van der Waals surface area contributed by atoms with Crippen molar-refractivity contribution < 1.29 is 14.7 Å². The maximum Gasteiger partial charge on any atom is 0.319 e. The van der Waals surface area contributed by atoms with Crippen LogP contribution in [0.4, 0.5) is 4.79 Å².